The van der Waals surface area contributed by atoms with Crippen LogP contribution in [0.15, 0.2) is 35.1 Å². The van der Waals surface area contributed by atoms with Gasteiger partial charge in [0, 0.05) is 19.3 Å². The summed E-state index contributed by atoms with van der Waals surface area (Å²) in [6.45, 7) is 2.61. The van der Waals surface area contributed by atoms with Crippen molar-refractivity contribution in [3.63, 3.8) is 0 Å². The number of rotatable bonds is 4. The largest absolute Gasteiger partial charge is 0.324 e. The van der Waals surface area contributed by atoms with Gasteiger partial charge < -0.3 is 20.2 Å². The Labute approximate surface area is 171 Å². The van der Waals surface area contributed by atoms with Gasteiger partial charge in [0.25, 0.3) is 5.56 Å². The number of anilines is 2. The van der Waals surface area contributed by atoms with Crippen molar-refractivity contribution in [1.82, 2.24) is 19.9 Å². The second-order valence-electron chi connectivity index (χ2n) is 6.66. The van der Waals surface area contributed by atoms with E-state index in [1.165, 1.54) is 0 Å². The fourth-order valence-electron chi connectivity index (χ4n) is 3.50. The molecule has 0 unspecified atom stereocenters. The van der Waals surface area contributed by atoms with Gasteiger partial charge in [-0.05, 0) is 43.1 Å². The van der Waals surface area contributed by atoms with Crippen molar-refractivity contribution in [2.24, 2.45) is 7.05 Å². The molecule has 0 aliphatic carbocycles. The number of benzene rings is 2. The number of H-pyrrole nitrogens is 1. The van der Waals surface area contributed by atoms with Crippen molar-refractivity contribution in [3.05, 3.63) is 62.0 Å². The molecule has 2 aromatic carbocycles. The van der Waals surface area contributed by atoms with Crippen LogP contribution in [0.1, 0.15) is 11.3 Å². The molecule has 0 bridgehead atoms. The molecular weight excluding hydrogens is 397 g/mol. The van der Waals surface area contributed by atoms with Gasteiger partial charge in [0.1, 0.15) is 0 Å². The topological polar surface area (TPSA) is 74.7 Å². The van der Waals surface area contributed by atoms with E-state index in [0.717, 1.165) is 22.2 Å². The number of imidazole rings is 1. The third-order valence-corrected chi connectivity index (χ3v) is 5.57. The second kappa shape index (κ2) is 7.13. The number of hydrogen-bond acceptors (Lipinski definition) is 4. The molecule has 0 aliphatic rings. The molecule has 0 atom stereocenters. The second-order valence-corrected chi connectivity index (χ2v) is 7.47. The first kappa shape index (κ1) is 18.8. The summed E-state index contributed by atoms with van der Waals surface area (Å²) in [6, 6.07) is 9.16. The van der Waals surface area contributed by atoms with Gasteiger partial charge in [-0.2, -0.15) is 0 Å². The highest BCUT2D eigenvalue weighted by Crippen LogP contribution is 2.34. The molecule has 0 saturated carbocycles. The molecular formula is C20H19Cl2N5O. The van der Waals surface area contributed by atoms with Crippen LogP contribution in [0.5, 0.6) is 0 Å². The highest BCUT2D eigenvalue weighted by Gasteiger charge is 2.17. The standard InChI is InChI=1S/C20H19Cl2N5O/c1-10-11-7-8-14-18(16(11)19(28)24-15(10)9-23-2)27(3)20(25-14)26-17-12(21)5-4-6-13(17)22/h4-8,23H,9H2,1-3H3,(H,24,28)(H,25,26). The van der Waals surface area contributed by atoms with E-state index in [9.17, 15) is 4.79 Å². The molecule has 28 heavy (non-hydrogen) atoms. The van der Waals surface area contributed by atoms with Gasteiger partial charge in [-0.25, -0.2) is 4.98 Å². The number of nitrogens with one attached hydrogen (secondary N) is 3. The van der Waals surface area contributed by atoms with Crippen LogP contribution < -0.4 is 16.2 Å². The molecule has 3 N–H and O–H groups in total. The van der Waals surface area contributed by atoms with Crippen LogP contribution in [0.3, 0.4) is 0 Å². The Morgan fingerprint density at radius 3 is 2.57 bits per heavy atom. The van der Waals surface area contributed by atoms with Crippen LogP contribution >= 0.6 is 23.2 Å². The Kier molecular flexibility index (Phi) is 4.79. The lowest BCUT2D eigenvalue weighted by molar-refractivity contribution is 0.783. The van der Waals surface area contributed by atoms with Gasteiger partial charge in [0.05, 0.1) is 32.2 Å². The normalized spacial score (nSPS) is 11.5. The zero-order valence-corrected chi connectivity index (χ0v) is 17.2. The minimum absolute atomic E-state index is 0.137. The highest BCUT2D eigenvalue weighted by atomic mass is 35.5. The molecule has 8 heteroatoms. The summed E-state index contributed by atoms with van der Waals surface area (Å²) >= 11 is 12.5. The van der Waals surface area contributed by atoms with Crippen molar-refractivity contribution in [3.8, 4) is 0 Å². The van der Waals surface area contributed by atoms with E-state index in [0.29, 0.717) is 39.1 Å². The number of hydrogen-bond donors (Lipinski definition) is 3. The molecule has 0 amide bonds. The molecule has 0 aliphatic heterocycles. The fourth-order valence-corrected chi connectivity index (χ4v) is 3.99. The number of pyridine rings is 1. The number of aromatic amines is 1. The van der Waals surface area contributed by atoms with E-state index in [-0.39, 0.29) is 5.56 Å². The summed E-state index contributed by atoms with van der Waals surface area (Å²) < 4.78 is 1.85. The van der Waals surface area contributed by atoms with Gasteiger partial charge in [-0.1, -0.05) is 35.3 Å². The molecule has 6 nitrogen and oxygen atoms in total. The van der Waals surface area contributed by atoms with E-state index in [1.807, 2.05) is 37.7 Å². The lowest BCUT2D eigenvalue weighted by atomic mass is 10.0. The van der Waals surface area contributed by atoms with E-state index in [1.54, 1.807) is 18.2 Å². The number of aromatic nitrogens is 3. The number of halogens is 2. The summed E-state index contributed by atoms with van der Waals surface area (Å²) in [5.74, 6) is 0.550. The van der Waals surface area contributed by atoms with Gasteiger partial charge in [-0.15, -0.1) is 0 Å². The van der Waals surface area contributed by atoms with Crippen LogP contribution in [0.25, 0.3) is 21.8 Å². The Bertz CT molecular complexity index is 1260. The average Bonchev–Trinajstić information content (AvgIpc) is 2.98. The smallest absolute Gasteiger partial charge is 0.258 e. The predicted molar refractivity (Wildman–Crippen MR) is 116 cm³/mol. The highest BCUT2D eigenvalue weighted by molar-refractivity contribution is 6.39. The maximum atomic E-state index is 12.9. The van der Waals surface area contributed by atoms with Gasteiger partial charge in [-0.3, -0.25) is 4.79 Å². The SMILES string of the molecule is CNCc1[nH]c(=O)c2c(ccc3nc(Nc4c(Cl)cccc4Cl)n(C)c32)c1C. The zero-order chi connectivity index (χ0) is 20.0. The number of para-hydroxylation sites is 1. The van der Waals surface area contributed by atoms with E-state index >= 15 is 0 Å². The third kappa shape index (κ3) is 2.94. The van der Waals surface area contributed by atoms with Gasteiger partial charge in [0.15, 0.2) is 0 Å². The van der Waals surface area contributed by atoms with Gasteiger partial charge in [0.2, 0.25) is 5.95 Å². The predicted octanol–water partition coefficient (Wildman–Crippen LogP) is 4.49. The van der Waals surface area contributed by atoms with Crippen molar-refractivity contribution >= 4 is 56.6 Å². The quantitative estimate of drug-likeness (QED) is 0.458. The van der Waals surface area contributed by atoms with Crippen molar-refractivity contribution in [2.45, 2.75) is 13.5 Å². The summed E-state index contributed by atoms with van der Waals surface area (Å²) in [5, 5.41) is 8.79. The van der Waals surface area contributed by atoms with E-state index in [2.05, 4.69) is 20.6 Å². The van der Waals surface area contributed by atoms with Gasteiger partial charge >= 0.3 is 0 Å². The third-order valence-electron chi connectivity index (χ3n) is 4.94. The minimum atomic E-state index is -0.137. The first-order chi connectivity index (χ1) is 13.4. The van der Waals surface area contributed by atoms with Crippen LogP contribution in [-0.4, -0.2) is 21.6 Å². The maximum absolute atomic E-state index is 12.9. The Morgan fingerprint density at radius 1 is 1.18 bits per heavy atom. The first-order valence-corrected chi connectivity index (χ1v) is 9.54. The molecule has 2 aromatic heterocycles. The maximum Gasteiger partial charge on any atom is 0.258 e. The molecule has 4 aromatic rings. The molecule has 0 fully saturated rings. The summed E-state index contributed by atoms with van der Waals surface area (Å²) in [5.41, 5.74) is 3.82. The van der Waals surface area contributed by atoms with Crippen molar-refractivity contribution < 1.29 is 0 Å². The summed E-state index contributed by atoms with van der Waals surface area (Å²) in [7, 11) is 3.71. The van der Waals surface area contributed by atoms with Crippen molar-refractivity contribution in [2.75, 3.05) is 12.4 Å². The van der Waals surface area contributed by atoms with Crippen LogP contribution in [0.2, 0.25) is 10.0 Å². The number of nitrogens with zero attached hydrogens (tertiary/aromatic N) is 2. The van der Waals surface area contributed by atoms with Crippen LogP contribution in [0.4, 0.5) is 11.6 Å². The number of aryl methyl sites for hydroxylation is 2. The van der Waals surface area contributed by atoms with E-state index in [4.69, 9.17) is 23.2 Å². The number of fused-ring (bicyclic) bond motifs is 3. The molecule has 2 heterocycles. The monoisotopic (exact) mass is 415 g/mol. The lowest BCUT2D eigenvalue weighted by Gasteiger charge is -2.11. The van der Waals surface area contributed by atoms with E-state index < -0.39 is 0 Å². The first-order valence-electron chi connectivity index (χ1n) is 8.79. The molecule has 0 radical (unpaired) electrons. The molecule has 4 rings (SSSR count). The molecule has 0 spiro atoms. The zero-order valence-electron chi connectivity index (χ0n) is 15.7. The fraction of sp³-hybridized carbons (Fsp3) is 0.200. The average molecular weight is 416 g/mol. The Hall–Kier alpha value is -2.54. The van der Waals surface area contributed by atoms with Crippen molar-refractivity contribution in [1.29, 1.82) is 0 Å². The molecule has 144 valence electrons. The lowest BCUT2D eigenvalue weighted by Crippen LogP contribution is -2.17. The Morgan fingerprint density at radius 2 is 1.89 bits per heavy atom. The summed E-state index contributed by atoms with van der Waals surface area (Å²) in [4.78, 5) is 20.5. The molecule has 0 saturated heterocycles. The minimum Gasteiger partial charge on any atom is -0.324 e. The Balaban J connectivity index is 1.95. The van der Waals surface area contributed by atoms with Crippen LogP contribution in [-0.2, 0) is 13.6 Å². The summed E-state index contributed by atoms with van der Waals surface area (Å²) in [6.07, 6.45) is 0. The van der Waals surface area contributed by atoms with Crippen LogP contribution in [0, 0.1) is 6.92 Å².